The number of nitrogens with zero attached hydrogens (tertiary/aromatic N) is 4. The fourth-order valence-electron chi connectivity index (χ4n) is 3.18. The van der Waals surface area contributed by atoms with Crippen molar-refractivity contribution in [1.82, 2.24) is 25.4 Å². The summed E-state index contributed by atoms with van der Waals surface area (Å²) in [7, 11) is 1.97. The van der Waals surface area contributed by atoms with Gasteiger partial charge in [0.2, 0.25) is 0 Å². The molecule has 1 atom stereocenters. The second kappa shape index (κ2) is 11.4. The lowest BCUT2D eigenvalue weighted by Crippen LogP contribution is -2.41. The summed E-state index contributed by atoms with van der Waals surface area (Å²) in [5, 5.41) is 15.1. The highest BCUT2D eigenvalue weighted by atomic mass is 127. The first-order valence-electron chi connectivity index (χ1n) is 9.72. The van der Waals surface area contributed by atoms with Crippen molar-refractivity contribution < 1.29 is 4.74 Å². The number of rotatable bonds is 7. The molecule has 2 N–H and O–H groups in total. The number of hydrogen-bond acceptors (Lipinski definition) is 4. The number of halogens is 1. The van der Waals surface area contributed by atoms with Crippen LogP contribution in [0, 0.1) is 6.92 Å². The van der Waals surface area contributed by atoms with Gasteiger partial charge in [-0.25, -0.2) is 4.99 Å². The van der Waals surface area contributed by atoms with E-state index >= 15 is 0 Å². The van der Waals surface area contributed by atoms with Crippen molar-refractivity contribution in [2.75, 3.05) is 13.2 Å². The van der Waals surface area contributed by atoms with Crippen LogP contribution in [-0.2, 0) is 31.3 Å². The summed E-state index contributed by atoms with van der Waals surface area (Å²) in [6, 6.07) is 8.46. The molecule has 2 heterocycles. The van der Waals surface area contributed by atoms with E-state index in [0.29, 0.717) is 13.1 Å². The molecule has 1 aliphatic rings. The highest BCUT2D eigenvalue weighted by Crippen LogP contribution is 2.12. The summed E-state index contributed by atoms with van der Waals surface area (Å²) in [5.41, 5.74) is 2.59. The smallest absolute Gasteiger partial charge is 0.192 e. The number of aryl methyl sites for hydroxylation is 2. The van der Waals surface area contributed by atoms with Crippen molar-refractivity contribution in [3.05, 3.63) is 47.0 Å². The van der Waals surface area contributed by atoms with Gasteiger partial charge in [0.15, 0.2) is 11.8 Å². The second-order valence-corrected chi connectivity index (χ2v) is 6.88. The SMILES string of the molecule is CCc1ccccc1CN=C(NCc1nnc(C)n1C)NCC1CCCO1.I. The van der Waals surface area contributed by atoms with Crippen LogP contribution in [0.3, 0.4) is 0 Å². The van der Waals surface area contributed by atoms with Crippen LogP contribution >= 0.6 is 24.0 Å². The van der Waals surface area contributed by atoms with Gasteiger partial charge in [0.1, 0.15) is 5.82 Å². The van der Waals surface area contributed by atoms with Gasteiger partial charge in [-0.05, 0) is 37.3 Å². The molecule has 28 heavy (non-hydrogen) atoms. The van der Waals surface area contributed by atoms with Crippen LogP contribution in [0.25, 0.3) is 0 Å². The Bertz CT molecular complexity index is 770. The highest BCUT2D eigenvalue weighted by Gasteiger charge is 2.16. The predicted octanol–water partition coefficient (Wildman–Crippen LogP) is 2.72. The quantitative estimate of drug-likeness (QED) is 0.349. The summed E-state index contributed by atoms with van der Waals surface area (Å²) in [4.78, 5) is 4.80. The Morgan fingerprint density at radius 3 is 2.68 bits per heavy atom. The normalized spacial score (nSPS) is 16.7. The van der Waals surface area contributed by atoms with Gasteiger partial charge < -0.3 is 19.9 Å². The molecule has 8 heteroatoms. The van der Waals surface area contributed by atoms with Crippen LogP contribution in [0.5, 0.6) is 0 Å². The summed E-state index contributed by atoms with van der Waals surface area (Å²) in [6.07, 6.45) is 3.50. The molecule has 1 aromatic carbocycles. The summed E-state index contributed by atoms with van der Waals surface area (Å²) in [5.74, 6) is 2.56. The fourth-order valence-corrected chi connectivity index (χ4v) is 3.18. The molecule has 1 unspecified atom stereocenters. The van der Waals surface area contributed by atoms with Gasteiger partial charge in [0, 0.05) is 20.2 Å². The molecule has 0 amide bonds. The monoisotopic (exact) mass is 498 g/mol. The standard InChI is InChI=1S/C20H30N6O.HI/c1-4-16-8-5-6-9-17(16)12-21-20(22-13-18-10-7-11-27-18)23-14-19-25-24-15(2)26(19)3;/h5-6,8-9,18H,4,7,10-14H2,1-3H3,(H2,21,22,23);1H. The minimum atomic E-state index is 0. The zero-order valence-corrected chi connectivity index (χ0v) is 19.3. The van der Waals surface area contributed by atoms with E-state index < -0.39 is 0 Å². The molecular formula is C20H31IN6O. The summed E-state index contributed by atoms with van der Waals surface area (Å²) in [6.45, 7) is 6.96. The van der Waals surface area contributed by atoms with Crippen LogP contribution in [0.1, 0.15) is 42.5 Å². The number of benzene rings is 1. The number of aliphatic imine (C=N–C) groups is 1. The van der Waals surface area contributed by atoms with Crippen LogP contribution in [-0.4, -0.2) is 40.0 Å². The Morgan fingerprint density at radius 1 is 1.25 bits per heavy atom. The lowest BCUT2D eigenvalue weighted by molar-refractivity contribution is 0.113. The summed E-state index contributed by atoms with van der Waals surface area (Å²) < 4.78 is 7.70. The van der Waals surface area contributed by atoms with Gasteiger partial charge in [0.25, 0.3) is 0 Å². The lowest BCUT2D eigenvalue weighted by atomic mass is 10.1. The average Bonchev–Trinajstić information content (AvgIpc) is 3.32. The minimum Gasteiger partial charge on any atom is -0.376 e. The van der Waals surface area contributed by atoms with E-state index in [-0.39, 0.29) is 30.1 Å². The first-order valence-corrected chi connectivity index (χ1v) is 9.72. The van der Waals surface area contributed by atoms with Crippen LogP contribution in [0.2, 0.25) is 0 Å². The number of nitrogens with one attached hydrogen (secondary N) is 2. The molecule has 3 rings (SSSR count). The molecule has 0 radical (unpaired) electrons. The first-order chi connectivity index (χ1) is 13.2. The Hall–Kier alpha value is -1.68. The molecule has 1 aromatic heterocycles. The van der Waals surface area contributed by atoms with Gasteiger partial charge in [0.05, 0.1) is 19.2 Å². The van der Waals surface area contributed by atoms with Crippen molar-refractivity contribution in [2.45, 2.75) is 52.3 Å². The predicted molar refractivity (Wildman–Crippen MR) is 122 cm³/mol. The third-order valence-corrected chi connectivity index (χ3v) is 5.02. The molecule has 1 saturated heterocycles. The van der Waals surface area contributed by atoms with Crippen molar-refractivity contribution in [2.24, 2.45) is 12.0 Å². The Morgan fingerprint density at radius 2 is 2.04 bits per heavy atom. The number of aromatic nitrogens is 3. The van der Waals surface area contributed by atoms with E-state index in [1.807, 2.05) is 18.5 Å². The van der Waals surface area contributed by atoms with Gasteiger partial charge in [-0.1, -0.05) is 31.2 Å². The van der Waals surface area contributed by atoms with E-state index in [9.17, 15) is 0 Å². The molecule has 0 bridgehead atoms. The topological polar surface area (TPSA) is 76.4 Å². The number of ether oxygens (including phenoxy) is 1. The molecule has 0 spiro atoms. The third-order valence-electron chi connectivity index (χ3n) is 5.02. The van der Waals surface area contributed by atoms with Crippen molar-refractivity contribution in [3.8, 4) is 0 Å². The van der Waals surface area contributed by atoms with E-state index in [0.717, 1.165) is 50.0 Å². The average molecular weight is 498 g/mol. The minimum absolute atomic E-state index is 0. The van der Waals surface area contributed by atoms with E-state index in [1.165, 1.54) is 11.1 Å². The molecule has 2 aromatic rings. The maximum atomic E-state index is 5.72. The highest BCUT2D eigenvalue weighted by molar-refractivity contribution is 14.0. The largest absolute Gasteiger partial charge is 0.376 e. The maximum Gasteiger partial charge on any atom is 0.192 e. The number of guanidine groups is 1. The molecule has 0 aliphatic carbocycles. The fraction of sp³-hybridized carbons (Fsp3) is 0.550. The molecule has 154 valence electrons. The molecule has 7 nitrogen and oxygen atoms in total. The maximum absolute atomic E-state index is 5.72. The first kappa shape index (κ1) is 22.6. The second-order valence-electron chi connectivity index (χ2n) is 6.88. The van der Waals surface area contributed by atoms with Gasteiger partial charge in [-0.3, -0.25) is 0 Å². The molecule has 1 fully saturated rings. The molecule has 0 saturated carbocycles. The molecule has 1 aliphatic heterocycles. The Labute approximate surface area is 184 Å². The van der Waals surface area contributed by atoms with Crippen molar-refractivity contribution >= 4 is 29.9 Å². The van der Waals surface area contributed by atoms with E-state index in [4.69, 9.17) is 9.73 Å². The molecular weight excluding hydrogens is 467 g/mol. The summed E-state index contributed by atoms with van der Waals surface area (Å²) >= 11 is 0. The van der Waals surface area contributed by atoms with Crippen LogP contribution in [0.4, 0.5) is 0 Å². The van der Waals surface area contributed by atoms with E-state index in [2.05, 4.69) is 52.0 Å². The van der Waals surface area contributed by atoms with Crippen molar-refractivity contribution in [3.63, 3.8) is 0 Å². The Balaban J connectivity index is 0.00000280. The zero-order chi connectivity index (χ0) is 19.1. The number of hydrogen-bond donors (Lipinski definition) is 2. The van der Waals surface area contributed by atoms with Gasteiger partial charge >= 0.3 is 0 Å². The van der Waals surface area contributed by atoms with E-state index in [1.54, 1.807) is 0 Å². The third kappa shape index (κ3) is 6.16. The van der Waals surface area contributed by atoms with Gasteiger partial charge in [-0.2, -0.15) is 0 Å². The van der Waals surface area contributed by atoms with Gasteiger partial charge in [-0.15, -0.1) is 34.2 Å². The zero-order valence-electron chi connectivity index (χ0n) is 16.9. The van der Waals surface area contributed by atoms with Crippen LogP contribution in [0.15, 0.2) is 29.3 Å². The van der Waals surface area contributed by atoms with Crippen molar-refractivity contribution in [1.29, 1.82) is 0 Å². The Kier molecular flexibility index (Phi) is 9.17. The van der Waals surface area contributed by atoms with Crippen LogP contribution < -0.4 is 10.6 Å². The lowest BCUT2D eigenvalue weighted by Gasteiger charge is -2.16.